The molecule has 1 aromatic rings. The third kappa shape index (κ3) is 1.95. The highest BCUT2D eigenvalue weighted by molar-refractivity contribution is 7.93. The summed E-state index contributed by atoms with van der Waals surface area (Å²) in [6, 6.07) is 4.35. The van der Waals surface area contributed by atoms with Gasteiger partial charge in [-0.2, -0.15) is 12.6 Å². The van der Waals surface area contributed by atoms with E-state index in [9.17, 15) is 12.6 Å². The van der Waals surface area contributed by atoms with Crippen LogP contribution in [-0.2, 0) is 21.5 Å². The van der Waals surface area contributed by atoms with Crippen molar-refractivity contribution in [2.45, 2.75) is 5.03 Å². The van der Waals surface area contributed by atoms with Gasteiger partial charge in [0, 0.05) is 6.20 Å². The van der Waals surface area contributed by atoms with E-state index in [1.54, 1.807) is 6.07 Å². The van der Waals surface area contributed by atoms with Gasteiger partial charge in [-0.3, -0.25) is 0 Å². The summed E-state index contributed by atoms with van der Waals surface area (Å²) in [5.41, 5.74) is 0. The number of sulfonamides is 1. The van der Waals surface area contributed by atoms with Gasteiger partial charge in [0.15, 0.2) is 5.03 Å². The van der Waals surface area contributed by atoms with Crippen LogP contribution in [-0.4, -0.2) is 17.6 Å². The van der Waals surface area contributed by atoms with Crippen molar-refractivity contribution in [3.05, 3.63) is 24.4 Å². The molecule has 1 aromatic heterocycles. The van der Waals surface area contributed by atoms with E-state index in [0.717, 1.165) is 0 Å². The number of hydrogen-bond donors (Lipinski definition) is 0. The van der Waals surface area contributed by atoms with E-state index in [-0.39, 0.29) is 16.5 Å². The van der Waals surface area contributed by atoms with Crippen molar-refractivity contribution in [1.29, 1.82) is 0 Å². The summed E-state index contributed by atoms with van der Waals surface area (Å²) in [5.74, 6) is 0. The largest absolute Gasteiger partial charge is 0.312 e. The number of pyridine rings is 1. The Labute approximate surface area is 72.8 Å². The average Bonchev–Trinajstić information content (AvgIpc) is 2.06. The fraction of sp³-hybridized carbons (Fsp3) is 0. The molecule has 0 amide bonds. The van der Waals surface area contributed by atoms with Crippen molar-refractivity contribution in [2.75, 3.05) is 0 Å². The topological polar surface area (TPSA) is 76.5 Å². The van der Waals surface area contributed by atoms with E-state index in [0.29, 0.717) is 0 Å². The zero-order valence-electron chi connectivity index (χ0n) is 5.75. The zero-order chi connectivity index (χ0) is 9.03. The third-order valence-electron chi connectivity index (χ3n) is 1.03. The lowest BCUT2D eigenvalue weighted by molar-refractivity contribution is 0.594. The second kappa shape index (κ2) is 3.55. The van der Waals surface area contributed by atoms with Crippen LogP contribution in [0.5, 0.6) is 0 Å². The van der Waals surface area contributed by atoms with Crippen molar-refractivity contribution in [1.82, 2.24) is 4.98 Å². The number of aromatic nitrogens is 1. The summed E-state index contributed by atoms with van der Waals surface area (Å²) in [4.78, 5) is 3.54. The van der Waals surface area contributed by atoms with E-state index in [2.05, 4.69) is 8.75 Å². The Hall–Kier alpha value is -1.08. The molecule has 0 aliphatic carbocycles. The van der Waals surface area contributed by atoms with Gasteiger partial charge in [-0.1, -0.05) is 9.83 Å². The summed E-state index contributed by atoms with van der Waals surface area (Å²) >= 11 is -0.350. The first-order valence-corrected chi connectivity index (χ1v) is 4.98. The molecule has 0 fully saturated rings. The average molecular weight is 204 g/mol. The van der Waals surface area contributed by atoms with Crippen LogP contribution >= 0.6 is 0 Å². The lowest BCUT2D eigenvalue weighted by Gasteiger charge is -1.91. The SMILES string of the molecule is O=S=NS(=O)(=O)c1ccccn1. The minimum atomic E-state index is -3.85. The van der Waals surface area contributed by atoms with Crippen LogP contribution in [0.25, 0.3) is 0 Å². The first-order valence-electron chi connectivity index (χ1n) is 2.84. The van der Waals surface area contributed by atoms with Gasteiger partial charge in [-0.25, -0.2) is 4.98 Å². The third-order valence-corrected chi connectivity index (χ3v) is 2.83. The Bertz CT molecular complexity index is 408. The van der Waals surface area contributed by atoms with Crippen LogP contribution in [0.1, 0.15) is 0 Å². The van der Waals surface area contributed by atoms with Crippen molar-refractivity contribution >= 4 is 21.5 Å². The Balaban J connectivity index is 3.25. The maximum Gasteiger partial charge on any atom is 0.312 e. The van der Waals surface area contributed by atoms with Crippen molar-refractivity contribution < 1.29 is 12.6 Å². The Morgan fingerprint density at radius 3 is 2.67 bits per heavy atom. The first kappa shape index (κ1) is 9.01. The van der Waals surface area contributed by atoms with Gasteiger partial charge in [0.05, 0.1) is 0 Å². The predicted molar refractivity (Wildman–Crippen MR) is 42.0 cm³/mol. The predicted octanol–water partition coefficient (Wildman–Crippen LogP) is 0.167. The van der Waals surface area contributed by atoms with Gasteiger partial charge in [0.1, 0.15) is 0 Å². The molecule has 0 atom stereocenters. The minimum Gasteiger partial charge on any atom is -0.243 e. The lowest BCUT2D eigenvalue weighted by atomic mass is 10.5. The molecule has 0 radical (unpaired) electrons. The molecule has 12 heavy (non-hydrogen) atoms. The zero-order valence-corrected chi connectivity index (χ0v) is 7.38. The highest BCUT2D eigenvalue weighted by Gasteiger charge is 2.12. The Morgan fingerprint density at radius 2 is 2.17 bits per heavy atom. The minimum absolute atomic E-state index is 0.214. The Kier molecular flexibility index (Phi) is 2.66. The smallest absolute Gasteiger partial charge is 0.243 e. The van der Waals surface area contributed by atoms with Crippen LogP contribution in [0.15, 0.2) is 33.2 Å². The fourth-order valence-corrected chi connectivity index (χ4v) is 1.65. The van der Waals surface area contributed by atoms with E-state index in [1.165, 1.54) is 18.3 Å². The quantitative estimate of drug-likeness (QED) is 0.688. The molecular weight excluding hydrogens is 200 g/mol. The van der Waals surface area contributed by atoms with Gasteiger partial charge in [-0.15, -0.1) is 0 Å². The molecule has 5 nitrogen and oxygen atoms in total. The van der Waals surface area contributed by atoms with Crippen LogP contribution in [0.3, 0.4) is 0 Å². The molecular formula is C5H4N2O3S2. The molecule has 0 aromatic carbocycles. The highest BCUT2D eigenvalue weighted by atomic mass is 32.2. The first-order chi connectivity index (χ1) is 5.67. The maximum absolute atomic E-state index is 11.0. The molecule has 0 aliphatic heterocycles. The Morgan fingerprint density at radius 1 is 1.42 bits per heavy atom. The lowest BCUT2D eigenvalue weighted by Crippen LogP contribution is -1.97. The molecule has 0 aliphatic rings. The summed E-state index contributed by atoms with van der Waals surface area (Å²) in [7, 11) is -3.85. The van der Waals surface area contributed by atoms with Gasteiger partial charge in [-0.05, 0) is 12.1 Å². The van der Waals surface area contributed by atoms with Crippen LogP contribution < -0.4 is 0 Å². The van der Waals surface area contributed by atoms with Gasteiger partial charge < -0.3 is 0 Å². The molecule has 64 valence electrons. The second-order valence-electron chi connectivity index (χ2n) is 1.79. The standard InChI is InChI=1S/C5H4N2O3S2/c8-11-7-12(9,10)5-3-1-2-4-6-5/h1-4H. The van der Waals surface area contributed by atoms with Crippen molar-refractivity contribution in [3.8, 4) is 0 Å². The summed E-state index contributed by atoms with van der Waals surface area (Å²) in [5, 5.41) is -0.214. The molecule has 0 N–H and O–H groups in total. The molecule has 0 bridgehead atoms. The summed E-state index contributed by atoms with van der Waals surface area (Å²) in [6.07, 6.45) is 1.32. The molecule has 7 heteroatoms. The molecule has 1 heterocycles. The fourth-order valence-electron chi connectivity index (χ4n) is 0.578. The summed E-state index contributed by atoms with van der Waals surface area (Å²) < 4.78 is 34.6. The number of nitrogens with zero attached hydrogens (tertiary/aromatic N) is 2. The van der Waals surface area contributed by atoms with E-state index >= 15 is 0 Å². The van der Waals surface area contributed by atoms with E-state index in [1.807, 2.05) is 0 Å². The van der Waals surface area contributed by atoms with Crippen molar-refractivity contribution in [3.63, 3.8) is 0 Å². The molecule has 0 saturated carbocycles. The van der Waals surface area contributed by atoms with Gasteiger partial charge in [0.2, 0.25) is 11.5 Å². The monoisotopic (exact) mass is 204 g/mol. The van der Waals surface area contributed by atoms with E-state index in [4.69, 9.17) is 0 Å². The highest BCUT2D eigenvalue weighted by Crippen LogP contribution is 2.06. The molecule has 0 spiro atoms. The number of hydrogen-bond acceptors (Lipinski definition) is 4. The molecule has 0 saturated heterocycles. The normalized spacial score (nSPS) is 10.7. The molecule has 0 unspecified atom stereocenters. The molecule has 1 rings (SSSR count). The van der Waals surface area contributed by atoms with E-state index < -0.39 is 10.0 Å². The second-order valence-corrected chi connectivity index (χ2v) is 3.91. The number of rotatable bonds is 2. The van der Waals surface area contributed by atoms with Crippen LogP contribution in [0, 0.1) is 0 Å². The van der Waals surface area contributed by atoms with Gasteiger partial charge >= 0.3 is 10.0 Å². The van der Waals surface area contributed by atoms with Crippen LogP contribution in [0.4, 0.5) is 0 Å². The maximum atomic E-state index is 11.0. The van der Waals surface area contributed by atoms with Crippen LogP contribution in [0.2, 0.25) is 0 Å². The van der Waals surface area contributed by atoms with Crippen molar-refractivity contribution in [2.24, 2.45) is 3.77 Å². The summed E-state index contributed by atoms with van der Waals surface area (Å²) in [6.45, 7) is 0. The van der Waals surface area contributed by atoms with Gasteiger partial charge in [0.25, 0.3) is 0 Å².